The van der Waals surface area contributed by atoms with Crippen LogP contribution in [-0.2, 0) is 5.92 Å². The standard InChI is InChI=1S/C10H12F5N3O/c11-9(12,10(13,14)15)7-17-8(19-18-7)16-6-4-2-1-3-5-6/h6H,1-5H2,(H,16,17,18). The van der Waals surface area contributed by atoms with Gasteiger partial charge in [-0.05, 0) is 12.8 Å². The zero-order valence-electron chi connectivity index (χ0n) is 9.81. The number of hydrogen-bond donors (Lipinski definition) is 1. The normalized spacial score (nSPS) is 18.6. The van der Waals surface area contributed by atoms with Gasteiger partial charge in [-0.1, -0.05) is 24.4 Å². The van der Waals surface area contributed by atoms with Crippen LogP contribution in [0.15, 0.2) is 4.52 Å². The molecule has 0 amide bonds. The molecule has 1 N–H and O–H groups in total. The van der Waals surface area contributed by atoms with Crippen molar-refractivity contribution in [1.29, 1.82) is 0 Å². The molecular weight excluding hydrogens is 273 g/mol. The van der Waals surface area contributed by atoms with Gasteiger partial charge >= 0.3 is 18.1 Å². The molecule has 1 saturated carbocycles. The number of alkyl halides is 5. The van der Waals surface area contributed by atoms with E-state index in [4.69, 9.17) is 0 Å². The second kappa shape index (κ2) is 4.93. The van der Waals surface area contributed by atoms with E-state index in [2.05, 4.69) is 20.0 Å². The smallest absolute Gasteiger partial charge is 0.335 e. The molecular formula is C10H12F5N3O. The summed E-state index contributed by atoms with van der Waals surface area (Å²) in [5.74, 6) is -6.78. The van der Waals surface area contributed by atoms with Crippen LogP contribution < -0.4 is 5.32 Å². The van der Waals surface area contributed by atoms with Crippen molar-refractivity contribution >= 4 is 6.01 Å². The third-order valence-corrected chi connectivity index (χ3v) is 3.00. The fourth-order valence-corrected chi connectivity index (χ4v) is 1.96. The van der Waals surface area contributed by atoms with Gasteiger partial charge in [-0.25, -0.2) is 0 Å². The van der Waals surface area contributed by atoms with Crippen LogP contribution in [0.25, 0.3) is 0 Å². The number of aromatic nitrogens is 2. The van der Waals surface area contributed by atoms with Gasteiger partial charge in [0.2, 0.25) is 0 Å². The number of nitrogens with one attached hydrogen (secondary N) is 1. The lowest BCUT2D eigenvalue weighted by Gasteiger charge is -2.21. The summed E-state index contributed by atoms with van der Waals surface area (Å²) in [6.07, 6.45) is -1.12. The quantitative estimate of drug-likeness (QED) is 0.864. The third-order valence-electron chi connectivity index (χ3n) is 3.00. The van der Waals surface area contributed by atoms with Crippen molar-refractivity contribution in [2.45, 2.75) is 50.2 Å². The first-order valence-electron chi connectivity index (χ1n) is 5.86. The van der Waals surface area contributed by atoms with E-state index in [9.17, 15) is 22.0 Å². The van der Waals surface area contributed by atoms with Crippen molar-refractivity contribution in [1.82, 2.24) is 10.1 Å². The number of anilines is 1. The number of halogens is 5. The molecule has 0 radical (unpaired) electrons. The van der Waals surface area contributed by atoms with Gasteiger partial charge < -0.3 is 9.84 Å². The van der Waals surface area contributed by atoms with Crippen molar-refractivity contribution in [3.63, 3.8) is 0 Å². The lowest BCUT2D eigenvalue weighted by atomic mass is 9.96. The van der Waals surface area contributed by atoms with Gasteiger partial charge in [-0.15, -0.1) is 0 Å². The molecule has 108 valence electrons. The van der Waals surface area contributed by atoms with Crippen LogP contribution in [0.3, 0.4) is 0 Å². The van der Waals surface area contributed by atoms with Gasteiger partial charge in [-0.3, -0.25) is 0 Å². The molecule has 1 heterocycles. The Morgan fingerprint density at radius 1 is 1.05 bits per heavy atom. The Hall–Kier alpha value is -1.41. The van der Waals surface area contributed by atoms with Gasteiger partial charge in [0, 0.05) is 6.04 Å². The van der Waals surface area contributed by atoms with E-state index < -0.39 is 23.9 Å². The maximum absolute atomic E-state index is 12.9. The summed E-state index contributed by atoms with van der Waals surface area (Å²) >= 11 is 0. The predicted octanol–water partition coefficient (Wildman–Crippen LogP) is 3.47. The minimum atomic E-state index is -5.74. The van der Waals surface area contributed by atoms with Gasteiger partial charge in [0.1, 0.15) is 0 Å². The van der Waals surface area contributed by atoms with Crippen LogP contribution in [0.1, 0.15) is 37.9 Å². The summed E-state index contributed by atoms with van der Waals surface area (Å²) in [7, 11) is 0. The summed E-state index contributed by atoms with van der Waals surface area (Å²) < 4.78 is 66.5. The highest BCUT2D eigenvalue weighted by Gasteiger charge is 2.62. The Labute approximate surface area is 105 Å². The van der Waals surface area contributed by atoms with E-state index >= 15 is 0 Å². The molecule has 1 fully saturated rings. The van der Waals surface area contributed by atoms with Crippen molar-refractivity contribution in [3.05, 3.63) is 5.82 Å². The van der Waals surface area contributed by atoms with Crippen LogP contribution in [0.2, 0.25) is 0 Å². The zero-order valence-corrected chi connectivity index (χ0v) is 9.81. The van der Waals surface area contributed by atoms with Gasteiger partial charge in [0.25, 0.3) is 5.82 Å². The summed E-state index contributed by atoms with van der Waals surface area (Å²) in [6.45, 7) is 0. The SMILES string of the molecule is FC(F)(F)C(F)(F)c1noc(NC2CCCCC2)n1. The highest BCUT2D eigenvalue weighted by molar-refractivity contribution is 5.22. The first-order valence-corrected chi connectivity index (χ1v) is 5.86. The van der Waals surface area contributed by atoms with Crippen LogP contribution in [-0.4, -0.2) is 22.4 Å². The Bertz CT molecular complexity index is 425. The predicted molar refractivity (Wildman–Crippen MR) is 54.7 cm³/mol. The fraction of sp³-hybridized carbons (Fsp3) is 0.800. The molecule has 4 nitrogen and oxygen atoms in total. The van der Waals surface area contributed by atoms with Crippen LogP contribution in [0.4, 0.5) is 28.0 Å². The fourth-order valence-electron chi connectivity index (χ4n) is 1.96. The van der Waals surface area contributed by atoms with Crippen molar-refractivity contribution in [2.75, 3.05) is 5.32 Å². The first kappa shape index (κ1) is 14.0. The molecule has 0 bridgehead atoms. The Kier molecular flexibility index (Phi) is 3.64. The molecule has 0 aliphatic heterocycles. The molecule has 0 spiro atoms. The molecule has 0 aromatic carbocycles. The number of hydrogen-bond acceptors (Lipinski definition) is 4. The van der Waals surface area contributed by atoms with Crippen LogP contribution >= 0.6 is 0 Å². The molecule has 0 unspecified atom stereocenters. The van der Waals surface area contributed by atoms with Crippen molar-refractivity contribution in [3.8, 4) is 0 Å². The number of rotatable bonds is 3. The minimum Gasteiger partial charge on any atom is -0.335 e. The van der Waals surface area contributed by atoms with Crippen LogP contribution in [0, 0.1) is 0 Å². The summed E-state index contributed by atoms with van der Waals surface area (Å²) in [5, 5.41) is 5.39. The second-order valence-electron chi connectivity index (χ2n) is 4.47. The van der Waals surface area contributed by atoms with Crippen LogP contribution in [0.5, 0.6) is 0 Å². The lowest BCUT2D eigenvalue weighted by Crippen LogP contribution is -2.34. The Balaban J connectivity index is 2.06. The first-order chi connectivity index (χ1) is 8.80. The highest BCUT2D eigenvalue weighted by Crippen LogP contribution is 2.42. The molecule has 9 heteroatoms. The molecule has 0 saturated heterocycles. The maximum atomic E-state index is 12.9. The molecule has 1 aliphatic carbocycles. The monoisotopic (exact) mass is 285 g/mol. The van der Waals surface area contributed by atoms with Crippen molar-refractivity contribution in [2.24, 2.45) is 0 Å². The topological polar surface area (TPSA) is 51.0 Å². The summed E-state index contributed by atoms with van der Waals surface area (Å²) in [4.78, 5) is 3.08. The lowest BCUT2D eigenvalue weighted by molar-refractivity contribution is -0.293. The van der Waals surface area contributed by atoms with E-state index in [0.29, 0.717) is 0 Å². The Morgan fingerprint density at radius 3 is 2.26 bits per heavy atom. The maximum Gasteiger partial charge on any atom is 0.461 e. The highest BCUT2D eigenvalue weighted by atomic mass is 19.4. The van der Waals surface area contributed by atoms with E-state index in [0.717, 1.165) is 32.1 Å². The molecule has 19 heavy (non-hydrogen) atoms. The number of nitrogens with zero attached hydrogens (tertiary/aromatic N) is 2. The Morgan fingerprint density at radius 2 is 1.68 bits per heavy atom. The van der Waals surface area contributed by atoms with Gasteiger partial charge in [0.05, 0.1) is 0 Å². The van der Waals surface area contributed by atoms with E-state index in [1.54, 1.807) is 0 Å². The molecule has 1 aromatic rings. The molecule has 1 aromatic heterocycles. The van der Waals surface area contributed by atoms with E-state index in [1.807, 2.05) is 0 Å². The molecule has 1 aliphatic rings. The van der Waals surface area contributed by atoms with Crippen molar-refractivity contribution < 1.29 is 26.5 Å². The zero-order chi connectivity index (χ0) is 14.1. The largest absolute Gasteiger partial charge is 0.461 e. The molecule has 0 atom stereocenters. The summed E-state index contributed by atoms with van der Waals surface area (Å²) in [6, 6.07) is -0.424. The van der Waals surface area contributed by atoms with Gasteiger partial charge in [0.15, 0.2) is 0 Å². The minimum absolute atomic E-state index is 0.0263. The van der Waals surface area contributed by atoms with E-state index in [-0.39, 0.29) is 6.04 Å². The second-order valence-corrected chi connectivity index (χ2v) is 4.47. The van der Waals surface area contributed by atoms with E-state index in [1.165, 1.54) is 0 Å². The average Bonchev–Trinajstić information content (AvgIpc) is 2.78. The average molecular weight is 285 g/mol. The van der Waals surface area contributed by atoms with Gasteiger partial charge in [-0.2, -0.15) is 26.9 Å². The molecule has 2 rings (SSSR count). The summed E-state index contributed by atoms with van der Waals surface area (Å²) in [5.41, 5.74) is 0. The third kappa shape index (κ3) is 2.95.